The van der Waals surface area contributed by atoms with Crippen LogP contribution in [0.5, 0.6) is 5.75 Å². The summed E-state index contributed by atoms with van der Waals surface area (Å²) in [6.45, 7) is 2.17. The smallest absolute Gasteiger partial charge is 0.121 e. The highest BCUT2D eigenvalue weighted by Crippen LogP contribution is 2.26. The lowest BCUT2D eigenvalue weighted by molar-refractivity contribution is 0.140. The van der Waals surface area contributed by atoms with E-state index in [2.05, 4.69) is 4.84 Å². The Bertz CT molecular complexity index is 302. The molecule has 0 aliphatic heterocycles. The van der Waals surface area contributed by atoms with Crippen LogP contribution in [0.1, 0.15) is 11.1 Å². The molecule has 4 heteroatoms. The molecule has 0 fully saturated rings. The molecule has 0 radical (unpaired) electrons. The van der Waals surface area contributed by atoms with Crippen LogP contribution >= 0.6 is 11.6 Å². The van der Waals surface area contributed by atoms with E-state index in [-0.39, 0.29) is 5.75 Å². The quantitative estimate of drug-likeness (QED) is 0.734. The van der Waals surface area contributed by atoms with Gasteiger partial charge >= 0.3 is 0 Å². The summed E-state index contributed by atoms with van der Waals surface area (Å²) < 4.78 is 0. The lowest BCUT2D eigenvalue weighted by atomic mass is 10.1. The maximum absolute atomic E-state index is 9.59. The van der Waals surface area contributed by atoms with Crippen LogP contribution in [0.4, 0.5) is 0 Å². The Hall–Kier alpha value is -0.770. The molecule has 1 aromatic rings. The molecule has 0 saturated heterocycles. The van der Waals surface area contributed by atoms with Gasteiger partial charge in [0, 0.05) is 11.4 Å². The highest BCUT2D eigenvalue weighted by Gasteiger charge is 2.05. The molecule has 0 bridgehead atoms. The van der Waals surface area contributed by atoms with Crippen molar-refractivity contribution in [2.24, 2.45) is 5.90 Å². The third kappa shape index (κ3) is 2.59. The van der Waals surface area contributed by atoms with Crippen molar-refractivity contribution in [3.63, 3.8) is 0 Å². The van der Waals surface area contributed by atoms with Crippen LogP contribution in [-0.4, -0.2) is 11.7 Å². The summed E-state index contributed by atoms with van der Waals surface area (Å²) in [5.74, 6) is 5.15. The molecule has 13 heavy (non-hydrogen) atoms. The molecule has 0 aliphatic carbocycles. The molecule has 0 aromatic heterocycles. The Morgan fingerprint density at radius 3 is 2.85 bits per heavy atom. The van der Waals surface area contributed by atoms with E-state index >= 15 is 0 Å². The fourth-order valence-electron chi connectivity index (χ4n) is 1.16. The second kappa shape index (κ2) is 4.46. The predicted molar refractivity (Wildman–Crippen MR) is 51.7 cm³/mol. The Balaban J connectivity index is 2.92. The third-order valence-electron chi connectivity index (χ3n) is 1.83. The summed E-state index contributed by atoms with van der Waals surface area (Å²) in [5, 5.41) is 10.2. The highest BCUT2D eigenvalue weighted by atomic mass is 35.5. The van der Waals surface area contributed by atoms with Crippen LogP contribution in [0.3, 0.4) is 0 Å². The van der Waals surface area contributed by atoms with Gasteiger partial charge in [-0.2, -0.15) is 0 Å². The minimum atomic E-state index is 0.265. The van der Waals surface area contributed by atoms with Gasteiger partial charge in [-0.1, -0.05) is 11.6 Å². The normalized spacial score (nSPS) is 10.4. The van der Waals surface area contributed by atoms with E-state index in [9.17, 15) is 5.11 Å². The average Bonchev–Trinajstić information content (AvgIpc) is 2.09. The number of phenolic OH excluding ortho intramolecular Hbond substituents is 1. The standard InChI is InChI=1S/C9H12ClNO2/c1-6-4-8(10)5-7(9(6)12)2-3-13-11/h4-5,12H,2-3,11H2,1H3. The van der Waals surface area contributed by atoms with Crippen LogP contribution in [0.25, 0.3) is 0 Å². The molecular weight excluding hydrogens is 190 g/mol. The Morgan fingerprint density at radius 2 is 2.23 bits per heavy atom. The zero-order valence-corrected chi connectivity index (χ0v) is 8.14. The number of rotatable bonds is 3. The molecule has 72 valence electrons. The summed E-state index contributed by atoms with van der Waals surface area (Å²) in [6.07, 6.45) is 0.559. The number of nitrogens with two attached hydrogens (primary N) is 1. The predicted octanol–water partition coefficient (Wildman–Crippen LogP) is 1.79. The molecule has 0 unspecified atom stereocenters. The molecule has 3 nitrogen and oxygen atoms in total. The van der Waals surface area contributed by atoms with Crippen LogP contribution in [0, 0.1) is 6.92 Å². The van der Waals surface area contributed by atoms with Crippen LogP contribution < -0.4 is 5.90 Å². The van der Waals surface area contributed by atoms with E-state index in [1.54, 1.807) is 19.1 Å². The van der Waals surface area contributed by atoms with Gasteiger partial charge in [-0.25, -0.2) is 5.90 Å². The van der Waals surface area contributed by atoms with Crippen molar-refractivity contribution in [2.75, 3.05) is 6.61 Å². The fraction of sp³-hybridized carbons (Fsp3) is 0.333. The first-order valence-electron chi connectivity index (χ1n) is 3.95. The molecular formula is C9H12ClNO2. The van der Waals surface area contributed by atoms with E-state index in [1.807, 2.05) is 0 Å². The summed E-state index contributed by atoms with van der Waals surface area (Å²) in [7, 11) is 0. The van der Waals surface area contributed by atoms with E-state index in [0.717, 1.165) is 11.1 Å². The third-order valence-corrected chi connectivity index (χ3v) is 2.05. The molecule has 0 saturated carbocycles. The first-order chi connectivity index (χ1) is 6.15. The molecule has 1 rings (SSSR count). The number of hydrogen-bond acceptors (Lipinski definition) is 3. The maximum Gasteiger partial charge on any atom is 0.121 e. The molecule has 0 atom stereocenters. The second-order valence-corrected chi connectivity index (χ2v) is 3.29. The minimum absolute atomic E-state index is 0.265. The summed E-state index contributed by atoms with van der Waals surface area (Å²) in [5.41, 5.74) is 1.52. The SMILES string of the molecule is Cc1cc(Cl)cc(CCON)c1O. The van der Waals surface area contributed by atoms with Gasteiger partial charge in [-0.05, 0) is 30.2 Å². The number of benzene rings is 1. The van der Waals surface area contributed by atoms with Crippen molar-refractivity contribution in [2.45, 2.75) is 13.3 Å². The number of hydrogen-bond donors (Lipinski definition) is 2. The fourth-order valence-corrected chi connectivity index (χ4v) is 1.46. The summed E-state index contributed by atoms with van der Waals surface area (Å²) in [6, 6.07) is 3.42. The Kier molecular flexibility index (Phi) is 3.54. The molecule has 0 aliphatic rings. The zero-order chi connectivity index (χ0) is 9.84. The number of halogens is 1. The average molecular weight is 202 g/mol. The Labute approximate surface area is 82.0 Å². The lowest BCUT2D eigenvalue weighted by Crippen LogP contribution is -2.04. The van der Waals surface area contributed by atoms with Gasteiger partial charge in [-0.3, -0.25) is 0 Å². The minimum Gasteiger partial charge on any atom is -0.507 e. The molecule has 3 N–H and O–H groups in total. The number of aromatic hydroxyl groups is 1. The van der Waals surface area contributed by atoms with Crippen LogP contribution in [0.2, 0.25) is 5.02 Å². The van der Waals surface area contributed by atoms with Gasteiger partial charge in [0.2, 0.25) is 0 Å². The number of aryl methyl sites for hydroxylation is 1. The van der Waals surface area contributed by atoms with Gasteiger partial charge in [0.05, 0.1) is 6.61 Å². The van der Waals surface area contributed by atoms with E-state index in [1.165, 1.54) is 0 Å². The van der Waals surface area contributed by atoms with Gasteiger partial charge in [0.15, 0.2) is 0 Å². The molecule has 1 aromatic carbocycles. The van der Waals surface area contributed by atoms with Gasteiger partial charge in [0.1, 0.15) is 5.75 Å². The first kappa shape index (κ1) is 10.3. The topological polar surface area (TPSA) is 55.5 Å². The van der Waals surface area contributed by atoms with Crippen molar-refractivity contribution in [1.82, 2.24) is 0 Å². The van der Waals surface area contributed by atoms with Gasteiger partial charge in [-0.15, -0.1) is 0 Å². The van der Waals surface area contributed by atoms with Crippen molar-refractivity contribution in [3.8, 4) is 5.75 Å². The maximum atomic E-state index is 9.59. The Morgan fingerprint density at radius 1 is 1.54 bits per heavy atom. The molecule has 0 heterocycles. The van der Waals surface area contributed by atoms with Gasteiger partial charge in [0.25, 0.3) is 0 Å². The zero-order valence-electron chi connectivity index (χ0n) is 7.38. The van der Waals surface area contributed by atoms with Crippen molar-refractivity contribution in [3.05, 3.63) is 28.3 Å². The van der Waals surface area contributed by atoms with E-state index in [4.69, 9.17) is 17.5 Å². The van der Waals surface area contributed by atoms with Crippen molar-refractivity contribution < 1.29 is 9.94 Å². The first-order valence-corrected chi connectivity index (χ1v) is 4.32. The molecule has 0 amide bonds. The number of phenols is 1. The van der Waals surface area contributed by atoms with E-state index < -0.39 is 0 Å². The second-order valence-electron chi connectivity index (χ2n) is 2.85. The van der Waals surface area contributed by atoms with E-state index in [0.29, 0.717) is 18.1 Å². The molecule has 0 spiro atoms. The largest absolute Gasteiger partial charge is 0.507 e. The van der Waals surface area contributed by atoms with Gasteiger partial charge < -0.3 is 9.94 Å². The summed E-state index contributed by atoms with van der Waals surface area (Å²) >= 11 is 5.82. The highest BCUT2D eigenvalue weighted by molar-refractivity contribution is 6.30. The monoisotopic (exact) mass is 201 g/mol. The summed E-state index contributed by atoms with van der Waals surface area (Å²) in [4.78, 5) is 4.43. The van der Waals surface area contributed by atoms with Crippen LogP contribution in [-0.2, 0) is 11.3 Å². The van der Waals surface area contributed by atoms with Crippen LogP contribution in [0.15, 0.2) is 12.1 Å². The van der Waals surface area contributed by atoms with Crippen molar-refractivity contribution >= 4 is 11.6 Å². The lowest BCUT2D eigenvalue weighted by Gasteiger charge is -2.07. The van der Waals surface area contributed by atoms with Crippen molar-refractivity contribution in [1.29, 1.82) is 0 Å².